The maximum Gasteiger partial charge on any atom is 0.208 e. The Bertz CT molecular complexity index is 617. The number of carbonyl (C=O) groups excluding carboxylic acids is 2. The predicted octanol–water partition coefficient (Wildman–Crippen LogP) is 4.50. The molecule has 0 radical (unpaired) electrons. The molecular weight excluding hydrogens is 330 g/mol. The first-order chi connectivity index (χ1) is 10.0. The third-order valence-electron chi connectivity index (χ3n) is 3.76. The third-order valence-corrected chi connectivity index (χ3v) is 4.41. The maximum absolute atomic E-state index is 12.8. The van der Waals surface area contributed by atoms with E-state index in [2.05, 4.69) is 27.8 Å². The van der Waals surface area contributed by atoms with Crippen molar-refractivity contribution < 1.29 is 9.59 Å². The number of nitrogens with zero attached hydrogens (tertiary/aromatic N) is 1. The average Bonchev–Trinajstić information content (AvgIpc) is 2.48. The molecule has 1 aliphatic rings. The van der Waals surface area contributed by atoms with Crippen LogP contribution in [-0.4, -0.2) is 16.6 Å². The zero-order valence-electron chi connectivity index (χ0n) is 12.7. The second kappa shape index (κ2) is 6.65. The quantitative estimate of drug-likeness (QED) is 0.735. The average molecular weight is 350 g/mol. The molecule has 1 aliphatic carbocycles. The number of unbranched alkanes of at least 4 members (excludes halogenated alkanes) is 1. The molecule has 0 atom stereocenters. The van der Waals surface area contributed by atoms with Gasteiger partial charge >= 0.3 is 0 Å². The fourth-order valence-electron chi connectivity index (χ4n) is 2.70. The number of ketones is 2. The van der Waals surface area contributed by atoms with E-state index in [0.717, 1.165) is 18.4 Å². The molecule has 1 heterocycles. The van der Waals surface area contributed by atoms with E-state index in [1.807, 2.05) is 13.8 Å². The highest BCUT2D eigenvalue weighted by Crippen LogP contribution is 2.32. The molecule has 0 unspecified atom stereocenters. The number of carbonyl (C=O) groups is 2. The monoisotopic (exact) mass is 349 g/mol. The molecular formula is C17H20BrNO2. The Morgan fingerprint density at radius 3 is 2.52 bits per heavy atom. The van der Waals surface area contributed by atoms with Gasteiger partial charge in [0.2, 0.25) is 5.78 Å². The molecule has 3 nitrogen and oxygen atoms in total. The Morgan fingerprint density at radius 2 is 1.95 bits per heavy atom. The summed E-state index contributed by atoms with van der Waals surface area (Å²) in [6.07, 6.45) is 4.26. The summed E-state index contributed by atoms with van der Waals surface area (Å²) in [6, 6.07) is 1.79. The van der Waals surface area contributed by atoms with Gasteiger partial charge in [0, 0.05) is 22.7 Å². The normalized spacial score (nSPS) is 14.9. The highest BCUT2D eigenvalue weighted by molar-refractivity contribution is 9.08. The van der Waals surface area contributed by atoms with Crippen molar-refractivity contribution >= 4 is 27.5 Å². The number of allylic oxidation sites excluding steroid dienone is 2. The topological polar surface area (TPSA) is 47.0 Å². The van der Waals surface area contributed by atoms with Crippen molar-refractivity contribution in [2.75, 3.05) is 0 Å². The van der Waals surface area contributed by atoms with Crippen molar-refractivity contribution in [3.05, 3.63) is 40.2 Å². The van der Waals surface area contributed by atoms with E-state index in [4.69, 9.17) is 0 Å². The van der Waals surface area contributed by atoms with Crippen LogP contribution < -0.4 is 0 Å². The summed E-state index contributed by atoms with van der Waals surface area (Å²) >= 11 is 3.36. The van der Waals surface area contributed by atoms with Gasteiger partial charge < -0.3 is 0 Å². The number of rotatable bonds is 5. The predicted molar refractivity (Wildman–Crippen MR) is 86.9 cm³/mol. The minimum atomic E-state index is -0.0770. The van der Waals surface area contributed by atoms with Crippen molar-refractivity contribution in [3.63, 3.8) is 0 Å². The summed E-state index contributed by atoms with van der Waals surface area (Å²) in [7, 11) is 0. The minimum absolute atomic E-state index is 0.0166. The van der Waals surface area contributed by atoms with Gasteiger partial charge in [-0.1, -0.05) is 43.1 Å². The Labute approximate surface area is 134 Å². The highest BCUT2D eigenvalue weighted by atomic mass is 79.9. The minimum Gasteiger partial charge on any atom is -0.289 e. The molecule has 0 aromatic carbocycles. The molecule has 21 heavy (non-hydrogen) atoms. The van der Waals surface area contributed by atoms with Gasteiger partial charge in [0.1, 0.15) is 5.69 Å². The van der Waals surface area contributed by atoms with Gasteiger partial charge in [0.05, 0.1) is 5.56 Å². The van der Waals surface area contributed by atoms with Gasteiger partial charge in [-0.05, 0) is 30.4 Å². The maximum atomic E-state index is 12.8. The second-order valence-corrected chi connectivity index (χ2v) is 6.24. The van der Waals surface area contributed by atoms with Crippen LogP contribution in [0.2, 0.25) is 0 Å². The molecule has 0 bridgehead atoms. The number of fused-ring (bicyclic) bond motifs is 1. The lowest BCUT2D eigenvalue weighted by Crippen LogP contribution is -2.26. The molecule has 0 aliphatic heterocycles. The van der Waals surface area contributed by atoms with Crippen LogP contribution in [0.3, 0.4) is 0 Å². The fourth-order valence-corrected chi connectivity index (χ4v) is 3.00. The van der Waals surface area contributed by atoms with Gasteiger partial charge in [0.15, 0.2) is 5.78 Å². The summed E-state index contributed by atoms with van der Waals surface area (Å²) in [6.45, 7) is 6.01. The highest BCUT2D eigenvalue weighted by Gasteiger charge is 2.34. The van der Waals surface area contributed by atoms with Crippen LogP contribution in [0.1, 0.15) is 66.4 Å². The van der Waals surface area contributed by atoms with Gasteiger partial charge in [-0.3, -0.25) is 14.6 Å². The van der Waals surface area contributed by atoms with Crippen LogP contribution in [0.5, 0.6) is 0 Å². The lowest BCUT2D eigenvalue weighted by Gasteiger charge is -2.23. The number of aromatic nitrogens is 1. The number of pyridine rings is 1. The lowest BCUT2D eigenvalue weighted by atomic mass is 9.80. The number of alkyl halides is 1. The fraction of sp³-hybridized carbons (Fsp3) is 0.471. The number of hydrogen-bond acceptors (Lipinski definition) is 3. The van der Waals surface area contributed by atoms with E-state index in [9.17, 15) is 9.59 Å². The molecule has 1 aromatic rings. The largest absolute Gasteiger partial charge is 0.289 e. The smallest absolute Gasteiger partial charge is 0.208 e. The van der Waals surface area contributed by atoms with Crippen LogP contribution in [0, 0.1) is 5.92 Å². The zero-order chi connectivity index (χ0) is 15.6. The first-order valence-corrected chi connectivity index (χ1v) is 8.50. The van der Waals surface area contributed by atoms with E-state index in [0.29, 0.717) is 34.2 Å². The van der Waals surface area contributed by atoms with Crippen LogP contribution in [0.4, 0.5) is 0 Å². The van der Waals surface area contributed by atoms with E-state index >= 15 is 0 Å². The lowest BCUT2D eigenvalue weighted by molar-refractivity contribution is 0.0960. The molecule has 0 amide bonds. The summed E-state index contributed by atoms with van der Waals surface area (Å²) < 4.78 is 0. The van der Waals surface area contributed by atoms with Gasteiger partial charge in [0.25, 0.3) is 0 Å². The van der Waals surface area contributed by atoms with Crippen LogP contribution in [-0.2, 0) is 5.33 Å². The SMILES string of the molecule is CCCCC1=C(C(C)C)C(=O)c2ncc(CBr)cc2C1=O. The van der Waals surface area contributed by atoms with E-state index in [1.54, 1.807) is 12.3 Å². The zero-order valence-corrected chi connectivity index (χ0v) is 14.3. The van der Waals surface area contributed by atoms with Crippen molar-refractivity contribution in [2.45, 2.75) is 45.4 Å². The van der Waals surface area contributed by atoms with Crippen molar-refractivity contribution in [3.8, 4) is 0 Å². The Kier molecular flexibility index (Phi) is 5.09. The van der Waals surface area contributed by atoms with Crippen LogP contribution >= 0.6 is 15.9 Å². The molecule has 2 rings (SSSR count). The Hall–Kier alpha value is -1.29. The van der Waals surface area contributed by atoms with Crippen molar-refractivity contribution in [2.24, 2.45) is 5.92 Å². The molecule has 0 saturated carbocycles. The third kappa shape index (κ3) is 3.00. The molecule has 112 valence electrons. The molecule has 0 spiro atoms. The van der Waals surface area contributed by atoms with Gasteiger partial charge in [-0.25, -0.2) is 0 Å². The molecule has 1 aromatic heterocycles. The van der Waals surface area contributed by atoms with Crippen LogP contribution in [0.15, 0.2) is 23.4 Å². The number of hydrogen-bond donors (Lipinski definition) is 0. The van der Waals surface area contributed by atoms with Gasteiger partial charge in [-0.2, -0.15) is 0 Å². The van der Waals surface area contributed by atoms with E-state index in [-0.39, 0.29) is 17.5 Å². The molecule has 0 saturated heterocycles. The summed E-state index contributed by atoms with van der Waals surface area (Å²) in [4.78, 5) is 29.7. The number of halogens is 1. The summed E-state index contributed by atoms with van der Waals surface area (Å²) in [5.41, 5.74) is 3.04. The van der Waals surface area contributed by atoms with Crippen molar-refractivity contribution in [1.82, 2.24) is 4.98 Å². The first-order valence-electron chi connectivity index (χ1n) is 7.38. The van der Waals surface area contributed by atoms with Crippen LogP contribution in [0.25, 0.3) is 0 Å². The Morgan fingerprint density at radius 1 is 1.24 bits per heavy atom. The van der Waals surface area contributed by atoms with E-state index in [1.165, 1.54) is 0 Å². The molecule has 4 heteroatoms. The summed E-state index contributed by atoms with van der Waals surface area (Å²) in [5.74, 6) is -0.0528. The standard InChI is InChI=1S/C17H20BrNO2/c1-4-5-6-12-14(10(2)3)17(21)15-13(16(12)20)7-11(8-18)9-19-15/h7,9-10H,4-6,8H2,1-3H3. The number of Topliss-reactive ketones (excluding diaryl/α,β-unsaturated/α-hetero) is 2. The second-order valence-electron chi connectivity index (χ2n) is 5.68. The first kappa shape index (κ1) is 16.1. The molecule has 0 fully saturated rings. The van der Waals surface area contributed by atoms with Crippen molar-refractivity contribution in [1.29, 1.82) is 0 Å². The summed E-state index contributed by atoms with van der Waals surface area (Å²) in [5, 5.41) is 0.625. The van der Waals surface area contributed by atoms with Gasteiger partial charge in [-0.15, -0.1) is 0 Å². The van der Waals surface area contributed by atoms with E-state index < -0.39 is 0 Å². The Balaban J connectivity index is 2.57. The molecule has 0 N–H and O–H groups in total.